The molecule has 6 heteroatoms. The summed E-state index contributed by atoms with van der Waals surface area (Å²) in [6.07, 6.45) is 1.03. The molecule has 2 heterocycles. The van der Waals surface area contributed by atoms with E-state index in [0.717, 1.165) is 38.2 Å². The lowest BCUT2D eigenvalue weighted by molar-refractivity contribution is -0.133. The molecule has 2 aliphatic heterocycles. The lowest BCUT2D eigenvalue weighted by Gasteiger charge is -2.24. The first kappa shape index (κ1) is 16.4. The first-order valence-electron chi connectivity index (χ1n) is 8.29. The molecule has 2 N–H and O–H groups in total. The molecule has 1 aromatic rings. The number of carbonyl (C=O) groups excluding carboxylic acids is 1. The van der Waals surface area contributed by atoms with E-state index in [2.05, 4.69) is 10.2 Å². The number of amides is 1. The molecule has 1 aromatic carbocycles. The number of halogens is 1. The Balaban J connectivity index is 1.52. The van der Waals surface area contributed by atoms with Crippen LogP contribution in [0.5, 0.6) is 0 Å². The third-order valence-electron chi connectivity index (χ3n) is 4.63. The van der Waals surface area contributed by atoms with E-state index >= 15 is 0 Å². The van der Waals surface area contributed by atoms with Crippen LogP contribution in [0.25, 0.3) is 0 Å². The summed E-state index contributed by atoms with van der Waals surface area (Å²) in [6.45, 7) is 4.49. The Kier molecular flexibility index (Phi) is 5.25. The van der Waals surface area contributed by atoms with Crippen LogP contribution >= 0.6 is 0 Å². The van der Waals surface area contributed by atoms with Gasteiger partial charge in [0.2, 0.25) is 5.91 Å². The van der Waals surface area contributed by atoms with E-state index in [0.29, 0.717) is 19.5 Å². The molecule has 126 valence electrons. The van der Waals surface area contributed by atoms with Gasteiger partial charge >= 0.3 is 0 Å². The van der Waals surface area contributed by atoms with Crippen molar-refractivity contribution in [3.05, 3.63) is 35.6 Å². The molecular weight excluding hydrogens is 297 g/mol. The lowest BCUT2D eigenvalue weighted by Crippen LogP contribution is -2.45. The molecule has 0 aliphatic carbocycles. The fourth-order valence-electron chi connectivity index (χ4n) is 3.32. The normalized spacial score (nSPS) is 26.3. The van der Waals surface area contributed by atoms with Crippen LogP contribution < -0.4 is 5.32 Å². The average Bonchev–Trinajstić information content (AvgIpc) is 2.84. The second kappa shape index (κ2) is 7.38. The van der Waals surface area contributed by atoms with Crippen molar-refractivity contribution in [1.29, 1.82) is 0 Å². The molecule has 3 rings (SSSR count). The minimum Gasteiger partial charge on any atom is -0.392 e. The molecule has 23 heavy (non-hydrogen) atoms. The molecule has 0 radical (unpaired) electrons. The molecule has 1 amide bonds. The Morgan fingerprint density at radius 1 is 1.22 bits per heavy atom. The van der Waals surface area contributed by atoms with E-state index in [1.807, 2.05) is 17.0 Å². The molecule has 5 nitrogen and oxygen atoms in total. The molecule has 0 spiro atoms. The maximum Gasteiger partial charge on any atom is 0.239 e. The maximum atomic E-state index is 13.0. The molecule has 2 aliphatic rings. The van der Waals surface area contributed by atoms with Gasteiger partial charge in [-0.25, -0.2) is 4.39 Å². The number of β-amino-alcohol motifs (C(OH)–C–C–N with tert-alkyl or cyclic N) is 1. The van der Waals surface area contributed by atoms with Gasteiger partial charge in [0.25, 0.3) is 0 Å². The van der Waals surface area contributed by atoms with E-state index in [1.54, 1.807) is 0 Å². The minimum atomic E-state index is -0.411. The van der Waals surface area contributed by atoms with Gasteiger partial charge in [-0.1, -0.05) is 12.1 Å². The largest absolute Gasteiger partial charge is 0.392 e. The Hall–Kier alpha value is -1.50. The van der Waals surface area contributed by atoms with Crippen molar-refractivity contribution >= 4 is 5.91 Å². The smallest absolute Gasteiger partial charge is 0.239 e. The molecule has 0 aromatic heterocycles. The molecule has 2 saturated heterocycles. The molecule has 0 bridgehead atoms. The summed E-state index contributed by atoms with van der Waals surface area (Å²) in [5, 5.41) is 12.6. The number of benzene rings is 1. The topological polar surface area (TPSA) is 55.8 Å². The number of carbonyl (C=O) groups is 1. The zero-order valence-corrected chi connectivity index (χ0v) is 13.2. The number of rotatable bonds is 3. The van der Waals surface area contributed by atoms with Crippen LogP contribution in [-0.4, -0.2) is 65.7 Å². The van der Waals surface area contributed by atoms with Crippen molar-refractivity contribution in [1.82, 2.24) is 15.1 Å². The number of hydrogen-bond acceptors (Lipinski definition) is 4. The molecule has 0 saturated carbocycles. The van der Waals surface area contributed by atoms with Crippen LogP contribution in [0.4, 0.5) is 4.39 Å². The van der Waals surface area contributed by atoms with Gasteiger partial charge in [0.15, 0.2) is 0 Å². The third-order valence-corrected chi connectivity index (χ3v) is 4.63. The van der Waals surface area contributed by atoms with Gasteiger partial charge in [-0.05, 0) is 30.5 Å². The zero-order valence-electron chi connectivity index (χ0n) is 13.2. The van der Waals surface area contributed by atoms with Crippen molar-refractivity contribution < 1.29 is 14.3 Å². The summed E-state index contributed by atoms with van der Waals surface area (Å²) < 4.78 is 13.0. The van der Waals surface area contributed by atoms with Crippen molar-refractivity contribution in [2.45, 2.75) is 31.5 Å². The van der Waals surface area contributed by atoms with Gasteiger partial charge in [0.1, 0.15) is 5.82 Å². The zero-order chi connectivity index (χ0) is 16.2. The number of hydrogen-bond donors (Lipinski definition) is 2. The number of aliphatic hydroxyl groups is 1. The van der Waals surface area contributed by atoms with E-state index in [9.17, 15) is 14.3 Å². The van der Waals surface area contributed by atoms with E-state index in [4.69, 9.17) is 0 Å². The van der Waals surface area contributed by atoms with Crippen LogP contribution in [0.1, 0.15) is 18.4 Å². The summed E-state index contributed by atoms with van der Waals surface area (Å²) in [5.41, 5.74) is 1.09. The highest BCUT2D eigenvalue weighted by Crippen LogP contribution is 2.14. The van der Waals surface area contributed by atoms with Crippen LogP contribution in [0.3, 0.4) is 0 Å². The highest BCUT2D eigenvalue weighted by molar-refractivity contribution is 5.82. The third kappa shape index (κ3) is 4.28. The standard InChI is InChI=1S/C17H24FN3O2/c18-14-4-2-13(3-5-14)12-20-6-1-7-21(9-8-20)17(23)16-10-15(22)11-19-16/h2-5,15-16,19,22H,1,6-12H2. The molecular formula is C17H24FN3O2. The van der Waals surface area contributed by atoms with Gasteiger partial charge in [0.05, 0.1) is 12.1 Å². The van der Waals surface area contributed by atoms with Gasteiger partial charge in [-0.2, -0.15) is 0 Å². The highest BCUT2D eigenvalue weighted by Gasteiger charge is 2.31. The van der Waals surface area contributed by atoms with Crippen LogP contribution in [0, 0.1) is 5.82 Å². The van der Waals surface area contributed by atoms with Gasteiger partial charge < -0.3 is 15.3 Å². The van der Waals surface area contributed by atoms with E-state index in [1.165, 1.54) is 12.1 Å². The summed E-state index contributed by atoms with van der Waals surface area (Å²) in [4.78, 5) is 16.7. The second-order valence-corrected chi connectivity index (χ2v) is 6.43. The van der Waals surface area contributed by atoms with Gasteiger partial charge in [-0.3, -0.25) is 9.69 Å². The van der Waals surface area contributed by atoms with Crippen LogP contribution in [0.15, 0.2) is 24.3 Å². The van der Waals surface area contributed by atoms with Crippen LogP contribution in [0.2, 0.25) is 0 Å². The van der Waals surface area contributed by atoms with Crippen molar-refractivity contribution in [2.75, 3.05) is 32.7 Å². The summed E-state index contributed by atoms with van der Waals surface area (Å²) >= 11 is 0. The van der Waals surface area contributed by atoms with Crippen molar-refractivity contribution in [3.63, 3.8) is 0 Å². The predicted octanol–water partition coefficient (Wildman–Crippen LogP) is 0.583. The fraction of sp³-hybridized carbons (Fsp3) is 0.588. The lowest BCUT2D eigenvalue weighted by atomic mass is 10.2. The maximum absolute atomic E-state index is 13.0. The number of nitrogens with zero attached hydrogens (tertiary/aromatic N) is 2. The second-order valence-electron chi connectivity index (χ2n) is 6.43. The quantitative estimate of drug-likeness (QED) is 0.855. The monoisotopic (exact) mass is 321 g/mol. The molecule has 2 unspecified atom stereocenters. The Morgan fingerprint density at radius 3 is 2.70 bits per heavy atom. The molecule has 2 fully saturated rings. The average molecular weight is 321 g/mol. The van der Waals surface area contributed by atoms with Crippen LogP contribution in [-0.2, 0) is 11.3 Å². The van der Waals surface area contributed by atoms with Gasteiger partial charge in [0, 0.05) is 39.3 Å². The predicted molar refractivity (Wildman–Crippen MR) is 85.3 cm³/mol. The summed E-state index contributed by atoms with van der Waals surface area (Å²) in [5.74, 6) is -0.113. The SMILES string of the molecule is O=C(C1CC(O)CN1)N1CCCN(Cc2ccc(F)cc2)CC1. The molecule has 2 atom stereocenters. The Morgan fingerprint density at radius 2 is 2.00 bits per heavy atom. The first-order valence-corrected chi connectivity index (χ1v) is 8.29. The highest BCUT2D eigenvalue weighted by atomic mass is 19.1. The summed E-state index contributed by atoms with van der Waals surface area (Å²) in [6, 6.07) is 6.36. The summed E-state index contributed by atoms with van der Waals surface area (Å²) in [7, 11) is 0. The Bertz CT molecular complexity index is 537. The number of nitrogens with one attached hydrogen (secondary N) is 1. The van der Waals surface area contributed by atoms with Crippen molar-refractivity contribution in [3.8, 4) is 0 Å². The van der Waals surface area contributed by atoms with Gasteiger partial charge in [-0.15, -0.1) is 0 Å². The van der Waals surface area contributed by atoms with Crippen molar-refractivity contribution in [2.24, 2.45) is 0 Å². The first-order chi connectivity index (χ1) is 11.1. The Labute approximate surface area is 136 Å². The fourth-order valence-corrected chi connectivity index (χ4v) is 3.32. The number of aliphatic hydroxyl groups excluding tert-OH is 1. The minimum absolute atomic E-state index is 0.102. The van der Waals surface area contributed by atoms with E-state index < -0.39 is 6.10 Å². The van der Waals surface area contributed by atoms with E-state index in [-0.39, 0.29) is 17.8 Å².